The summed E-state index contributed by atoms with van der Waals surface area (Å²) >= 11 is 3.02. The van der Waals surface area contributed by atoms with Crippen molar-refractivity contribution < 1.29 is 4.79 Å². The van der Waals surface area contributed by atoms with Crippen LogP contribution in [0.4, 0.5) is 5.82 Å². The van der Waals surface area contributed by atoms with Crippen molar-refractivity contribution in [2.45, 2.75) is 0 Å². The Morgan fingerprint density at radius 2 is 2.07 bits per heavy atom. The molecule has 0 aliphatic carbocycles. The van der Waals surface area contributed by atoms with Crippen molar-refractivity contribution in [3.63, 3.8) is 0 Å². The van der Waals surface area contributed by atoms with Gasteiger partial charge >= 0.3 is 0 Å². The van der Waals surface area contributed by atoms with Crippen LogP contribution in [-0.2, 0) is 0 Å². The lowest BCUT2D eigenvalue weighted by Crippen LogP contribution is -2.24. The van der Waals surface area contributed by atoms with Crippen molar-refractivity contribution in [2.24, 2.45) is 16.5 Å². The zero-order valence-electron chi connectivity index (χ0n) is 7.35. The van der Waals surface area contributed by atoms with Gasteiger partial charge in [0.2, 0.25) is 0 Å². The number of hydrogen-bond donors (Lipinski definition) is 3. The number of carbonyl (C=O) groups is 1. The Hall–Kier alpha value is -1.41. The Bertz CT molecular complexity index is 405. The molecule has 1 rings (SSSR count). The molecule has 82 valence electrons. The maximum Gasteiger partial charge on any atom is 0.300 e. The minimum absolute atomic E-state index is 0. The quantitative estimate of drug-likeness (QED) is 0.479. The Kier molecular flexibility index (Phi) is 4.95. The number of nitrogen functional groups attached to an aromatic ring is 1. The number of carbonyl (C=O) groups excluding carboxylic acids is 1. The van der Waals surface area contributed by atoms with Crippen LogP contribution in [0.2, 0.25) is 0 Å². The van der Waals surface area contributed by atoms with Gasteiger partial charge in [-0.15, -0.1) is 12.4 Å². The van der Waals surface area contributed by atoms with Crippen LogP contribution in [0.1, 0.15) is 10.5 Å². The number of aliphatic imine (C=N–C) groups is 1. The molecule has 0 aliphatic rings. The lowest BCUT2D eigenvalue weighted by Gasteiger charge is -1.98. The highest BCUT2D eigenvalue weighted by Gasteiger charge is 2.09. The molecule has 1 aromatic heterocycles. The molecule has 0 saturated carbocycles. The Morgan fingerprint density at radius 3 is 2.53 bits per heavy atom. The van der Waals surface area contributed by atoms with Crippen molar-refractivity contribution in [1.29, 1.82) is 0 Å². The van der Waals surface area contributed by atoms with Crippen molar-refractivity contribution in [1.82, 2.24) is 9.97 Å². The molecule has 0 aromatic carbocycles. The molecule has 0 atom stereocenters. The van der Waals surface area contributed by atoms with Gasteiger partial charge in [0.1, 0.15) is 10.3 Å². The van der Waals surface area contributed by atoms with E-state index in [0.29, 0.717) is 0 Å². The number of nitrogens with zero attached hydrogens (tertiary/aromatic N) is 3. The van der Waals surface area contributed by atoms with Crippen LogP contribution in [0.5, 0.6) is 0 Å². The van der Waals surface area contributed by atoms with Crippen molar-refractivity contribution in [3.8, 4) is 0 Å². The molecule has 9 heteroatoms. The van der Waals surface area contributed by atoms with Gasteiger partial charge in [0, 0.05) is 0 Å². The molecule has 1 amide bonds. The largest absolute Gasteiger partial charge is 0.381 e. The summed E-state index contributed by atoms with van der Waals surface area (Å²) < 4.78 is 0.272. The highest BCUT2D eigenvalue weighted by atomic mass is 79.9. The Balaban J connectivity index is 0.00000196. The molecule has 0 spiro atoms. The second-order valence-corrected chi connectivity index (χ2v) is 3.02. The van der Waals surface area contributed by atoms with E-state index in [0.717, 1.165) is 0 Å². The molecule has 6 N–H and O–H groups in total. The highest BCUT2D eigenvalue weighted by Crippen LogP contribution is 2.13. The van der Waals surface area contributed by atoms with E-state index < -0.39 is 5.91 Å². The average molecular weight is 296 g/mol. The predicted octanol–water partition coefficient (Wildman–Crippen LogP) is -0.343. The first kappa shape index (κ1) is 13.6. The molecule has 0 saturated heterocycles. The van der Waals surface area contributed by atoms with Gasteiger partial charge in [0.25, 0.3) is 5.91 Å². The van der Waals surface area contributed by atoms with E-state index >= 15 is 0 Å². The standard InChI is InChI=1S/C6H7BrN6O.ClH/c7-3-4(8)11-1-2(12-3)5(14)13-6(9)10;/h1H,(H2,8,11)(H4,9,10,13,14);1H. The van der Waals surface area contributed by atoms with Gasteiger partial charge in [-0.1, -0.05) is 0 Å². The molecular weight excluding hydrogens is 287 g/mol. The number of hydrogen-bond acceptors (Lipinski definition) is 4. The zero-order chi connectivity index (χ0) is 10.7. The van der Waals surface area contributed by atoms with Crippen molar-refractivity contribution in [2.75, 3.05) is 5.73 Å². The molecular formula is C6H8BrClN6O. The summed E-state index contributed by atoms with van der Waals surface area (Å²) in [5, 5.41) is 0. The molecule has 0 fully saturated rings. The summed E-state index contributed by atoms with van der Waals surface area (Å²) in [5.74, 6) is -0.811. The molecule has 15 heavy (non-hydrogen) atoms. The van der Waals surface area contributed by atoms with E-state index in [1.54, 1.807) is 0 Å². The maximum atomic E-state index is 11.2. The van der Waals surface area contributed by atoms with Gasteiger partial charge < -0.3 is 17.2 Å². The van der Waals surface area contributed by atoms with Crippen molar-refractivity contribution >= 4 is 46.0 Å². The molecule has 0 aliphatic heterocycles. The van der Waals surface area contributed by atoms with Gasteiger partial charge in [0.15, 0.2) is 11.8 Å². The second kappa shape index (κ2) is 5.47. The minimum atomic E-state index is -0.668. The topological polar surface area (TPSA) is 133 Å². The first-order valence-electron chi connectivity index (χ1n) is 3.42. The number of aromatic nitrogens is 2. The highest BCUT2D eigenvalue weighted by molar-refractivity contribution is 9.10. The molecule has 0 bridgehead atoms. The monoisotopic (exact) mass is 294 g/mol. The zero-order valence-corrected chi connectivity index (χ0v) is 9.75. The van der Waals surface area contributed by atoms with Gasteiger partial charge in [-0.05, 0) is 15.9 Å². The second-order valence-electron chi connectivity index (χ2n) is 2.27. The molecule has 7 nitrogen and oxygen atoms in total. The van der Waals surface area contributed by atoms with E-state index in [4.69, 9.17) is 17.2 Å². The average Bonchev–Trinajstić information content (AvgIpc) is 2.08. The summed E-state index contributed by atoms with van der Waals surface area (Å²) in [6.07, 6.45) is 1.19. The van der Waals surface area contributed by atoms with E-state index in [2.05, 4.69) is 30.9 Å². The van der Waals surface area contributed by atoms with E-state index in [-0.39, 0.29) is 34.5 Å². The fourth-order valence-corrected chi connectivity index (χ4v) is 0.947. The fraction of sp³-hybridized carbons (Fsp3) is 0. The minimum Gasteiger partial charge on any atom is -0.381 e. The summed E-state index contributed by atoms with van der Waals surface area (Å²) in [6, 6.07) is 0. The molecule has 0 unspecified atom stereocenters. The smallest absolute Gasteiger partial charge is 0.300 e. The van der Waals surface area contributed by atoms with Crippen LogP contribution in [-0.4, -0.2) is 21.8 Å². The fourth-order valence-electron chi connectivity index (χ4n) is 0.653. The molecule has 1 aromatic rings. The molecule has 1 heterocycles. The van der Waals surface area contributed by atoms with Gasteiger partial charge in [-0.25, -0.2) is 9.97 Å². The summed E-state index contributed by atoms with van der Waals surface area (Å²) in [7, 11) is 0. The van der Waals surface area contributed by atoms with E-state index in [9.17, 15) is 4.79 Å². The van der Waals surface area contributed by atoms with Gasteiger partial charge in [-0.2, -0.15) is 4.99 Å². The number of guanidine groups is 1. The Morgan fingerprint density at radius 1 is 1.47 bits per heavy atom. The first-order chi connectivity index (χ1) is 6.50. The third-order valence-electron chi connectivity index (χ3n) is 1.21. The van der Waals surface area contributed by atoms with Gasteiger partial charge in [0.05, 0.1) is 6.20 Å². The Labute approximate surface area is 99.7 Å². The third kappa shape index (κ3) is 3.68. The third-order valence-corrected chi connectivity index (χ3v) is 1.79. The van der Waals surface area contributed by atoms with E-state index in [1.807, 2.05) is 0 Å². The maximum absolute atomic E-state index is 11.2. The number of anilines is 1. The van der Waals surface area contributed by atoms with Crippen LogP contribution in [0.3, 0.4) is 0 Å². The van der Waals surface area contributed by atoms with Crippen LogP contribution >= 0.6 is 28.3 Å². The first-order valence-corrected chi connectivity index (χ1v) is 4.22. The summed E-state index contributed by atoms with van der Waals surface area (Å²) in [4.78, 5) is 22.0. The number of amides is 1. The number of halogens is 2. The summed E-state index contributed by atoms with van der Waals surface area (Å²) in [5.41, 5.74) is 15.4. The summed E-state index contributed by atoms with van der Waals surface area (Å²) in [6.45, 7) is 0. The SMILES string of the molecule is Cl.NC(N)=NC(=O)c1cnc(N)c(Br)n1. The predicted molar refractivity (Wildman–Crippen MR) is 61.5 cm³/mol. The van der Waals surface area contributed by atoms with Gasteiger partial charge in [-0.3, -0.25) is 4.79 Å². The van der Waals surface area contributed by atoms with Crippen LogP contribution in [0.25, 0.3) is 0 Å². The van der Waals surface area contributed by atoms with Crippen molar-refractivity contribution in [3.05, 3.63) is 16.5 Å². The molecule has 0 radical (unpaired) electrons. The van der Waals surface area contributed by atoms with Crippen LogP contribution in [0, 0.1) is 0 Å². The lowest BCUT2D eigenvalue weighted by atomic mass is 10.4. The van der Waals surface area contributed by atoms with Crippen LogP contribution < -0.4 is 17.2 Å². The number of rotatable bonds is 1. The lowest BCUT2D eigenvalue weighted by molar-refractivity contribution is 0.0997. The van der Waals surface area contributed by atoms with Crippen LogP contribution in [0.15, 0.2) is 15.8 Å². The normalized spacial score (nSPS) is 8.87. The van der Waals surface area contributed by atoms with E-state index in [1.165, 1.54) is 6.20 Å². The number of nitrogens with two attached hydrogens (primary N) is 3.